The fourth-order valence-corrected chi connectivity index (χ4v) is 4.48. The van der Waals surface area contributed by atoms with E-state index >= 15 is 0 Å². The van der Waals surface area contributed by atoms with Gasteiger partial charge in [-0.15, -0.1) is 0 Å². The molecule has 1 aliphatic rings. The maximum absolute atomic E-state index is 13.4. The van der Waals surface area contributed by atoms with Crippen LogP contribution < -0.4 is 9.46 Å². The van der Waals surface area contributed by atoms with Crippen LogP contribution in [0.1, 0.15) is 12.0 Å². The van der Waals surface area contributed by atoms with Gasteiger partial charge < -0.3 is 9.64 Å². The number of likely N-dealkylation sites (tertiary alicyclic amines) is 1. The highest BCUT2D eigenvalue weighted by molar-refractivity contribution is 9.10. The molecule has 0 spiro atoms. The van der Waals surface area contributed by atoms with E-state index in [9.17, 15) is 21.6 Å². The SMILES string of the molecule is CN1CCC(Oc2cc(NS(=O)(=O)c3cnc(Cl)c(Br)c3)ccc2C(F)(F)F)C1. The van der Waals surface area contributed by atoms with Crippen molar-refractivity contribution < 1.29 is 26.3 Å². The maximum atomic E-state index is 13.4. The lowest BCUT2D eigenvalue weighted by Crippen LogP contribution is -2.23. The predicted molar refractivity (Wildman–Crippen MR) is 106 cm³/mol. The molecule has 1 aromatic carbocycles. The first-order chi connectivity index (χ1) is 13.5. The van der Waals surface area contributed by atoms with Crippen molar-refractivity contribution in [3.63, 3.8) is 0 Å². The standard InChI is InChI=1S/C17H16BrClF3N3O3S/c1-25-5-4-11(9-25)28-15-6-10(2-3-13(15)17(20,21)22)24-29(26,27)12-7-14(18)16(19)23-8-12/h2-3,6-8,11,24H,4-5,9H2,1H3. The number of ether oxygens (including phenoxy) is 1. The summed E-state index contributed by atoms with van der Waals surface area (Å²) in [5, 5.41) is 0.0793. The number of anilines is 1. The van der Waals surface area contributed by atoms with E-state index in [0.29, 0.717) is 19.5 Å². The van der Waals surface area contributed by atoms with Crippen LogP contribution in [-0.4, -0.2) is 44.5 Å². The average Bonchev–Trinajstić information content (AvgIpc) is 3.01. The molecule has 1 unspecified atom stereocenters. The van der Waals surface area contributed by atoms with E-state index in [1.807, 2.05) is 11.9 Å². The van der Waals surface area contributed by atoms with E-state index in [4.69, 9.17) is 16.3 Å². The van der Waals surface area contributed by atoms with Gasteiger partial charge in [0.15, 0.2) is 0 Å². The van der Waals surface area contributed by atoms with Gasteiger partial charge >= 0.3 is 6.18 Å². The molecule has 6 nitrogen and oxygen atoms in total. The zero-order valence-corrected chi connectivity index (χ0v) is 18.2. The molecule has 0 radical (unpaired) electrons. The van der Waals surface area contributed by atoms with Gasteiger partial charge in [0.2, 0.25) is 0 Å². The first-order valence-corrected chi connectivity index (χ1v) is 11.0. The minimum Gasteiger partial charge on any atom is -0.488 e. The number of nitrogens with one attached hydrogen (secondary N) is 1. The number of hydrogen-bond donors (Lipinski definition) is 1. The summed E-state index contributed by atoms with van der Waals surface area (Å²) < 4.78 is 73.3. The van der Waals surface area contributed by atoms with Crippen molar-refractivity contribution in [2.24, 2.45) is 0 Å². The lowest BCUT2D eigenvalue weighted by atomic mass is 10.1. The Balaban J connectivity index is 1.91. The summed E-state index contributed by atoms with van der Waals surface area (Å²) >= 11 is 8.85. The number of nitrogens with zero attached hydrogens (tertiary/aromatic N) is 2. The summed E-state index contributed by atoms with van der Waals surface area (Å²) in [4.78, 5) is 5.49. The van der Waals surface area contributed by atoms with Crippen molar-refractivity contribution in [3.8, 4) is 5.75 Å². The van der Waals surface area contributed by atoms with E-state index in [1.54, 1.807) is 0 Å². The van der Waals surface area contributed by atoms with Crippen LogP contribution in [0.4, 0.5) is 18.9 Å². The number of rotatable bonds is 5. The van der Waals surface area contributed by atoms with Crippen LogP contribution in [0.3, 0.4) is 0 Å². The van der Waals surface area contributed by atoms with E-state index in [1.165, 1.54) is 6.07 Å². The quantitative estimate of drug-likeness (QED) is 0.599. The van der Waals surface area contributed by atoms with Crippen LogP contribution in [0.25, 0.3) is 0 Å². The van der Waals surface area contributed by atoms with Gasteiger partial charge in [-0.25, -0.2) is 13.4 Å². The van der Waals surface area contributed by atoms with E-state index < -0.39 is 33.6 Å². The number of alkyl halides is 3. The minimum absolute atomic E-state index is 0.0644. The summed E-state index contributed by atoms with van der Waals surface area (Å²) in [6, 6.07) is 4.11. The topological polar surface area (TPSA) is 71.5 Å². The summed E-state index contributed by atoms with van der Waals surface area (Å²) in [5.74, 6) is -0.423. The third-order valence-electron chi connectivity index (χ3n) is 4.26. The van der Waals surface area contributed by atoms with Gasteiger partial charge in [0.1, 0.15) is 21.9 Å². The highest BCUT2D eigenvalue weighted by atomic mass is 79.9. The summed E-state index contributed by atoms with van der Waals surface area (Å²) in [7, 11) is -2.26. The molecule has 0 amide bonds. The highest BCUT2D eigenvalue weighted by Gasteiger charge is 2.36. The smallest absolute Gasteiger partial charge is 0.419 e. The second-order valence-electron chi connectivity index (χ2n) is 6.55. The van der Waals surface area contributed by atoms with Crippen molar-refractivity contribution in [1.29, 1.82) is 0 Å². The Morgan fingerprint density at radius 3 is 2.66 bits per heavy atom. The molecule has 29 heavy (non-hydrogen) atoms. The summed E-state index contributed by atoms with van der Waals surface area (Å²) in [5.41, 5.74) is -1.03. The first-order valence-electron chi connectivity index (χ1n) is 8.36. The summed E-state index contributed by atoms with van der Waals surface area (Å²) in [6.45, 7) is 1.19. The van der Waals surface area contributed by atoms with Gasteiger partial charge in [-0.1, -0.05) is 11.6 Å². The molecule has 0 bridgehead atoms. The molecule has 0 saturated carbocycles. The molecule has 1 atom stereocenters. The number of aromatic nitrogens is 1. The molecule has 12 heteroatoms. The number of hydrogen-bond acceptors (Lipinski definition) is 5. The summed E-state index contributed by atoms with van der Waals surface area (Å²) in [6.07, 6.45) is -3.42. The molecular weight excluding hydrogens is 499 g/mol. The van der Waals surface area contributed by atoms with Crippen LogP contribution in [0.2, 0.25) is 5.15 Å². The second-order valence-corrected chi connectivity index (χ2v) is 9.44. The van der Waals surface area contributed by atoms with Crippen molar-refractivity contribution in [3.05, 3.63) is 45.7 Å². The van der Waals surface area contributed by atoms with Gasteiger partial charge in [0, 0.05) is 25.4 Å². The third-order valence-corrected chi connectivity index (χ3v) is 6.74. The van der Waals surface area contributed by atoms with Gasteiger partial charge in [-0.05, 0) is 47.6 Å². The first kappa shape index (κ1) is 22.1. The fourth-order valence-electron chi connectivity index (χ4n) is 2.85. The normalized spacial score (nSPS) is 18.1. The molecule has 1 aromatic heterocycles. The van der Waals surface area contributed by atoms with Crippen molar-refractivity contribution in [2.45, 2.75) is 23.6 Å². The highest BCUT2D eigenvalue weighted by Crippen LogP contribution is 2.39. The Bertz CT molecular complexity index is 1020. The third kappa shape index (κ3) is 5.33. The lowest BCUT2D eigenvalue weighted by molar-refractivity contribution is -0.139. The van der Waals surface area contributed by atoms with E-state index in [0.717, 1.165) is 24.4 Å². The number of pyridine rings is 1. The zero-order valence-electron chi connectivity index (χ0n) is 15.0. The largest absolute Gasteiger partial charge is 0.488 e. The Kier molecular flexibility index (Phi) is 6.32. The molecule has 3 rings (SSSR count). The molecule has 1 fully saturated rings. The lowest BCUT2D eigenvalue weighted by Gasteiger charge is -2.19. The maximum Gasteiger partial charge on any atom is 0.419 e. The Hall–Kier alpha value is -1.56. The van der Waals surface area contributed by atoms with Gasteiger partial charge in [-0.2, -0.15) is 13.2 Å². The number of halogens is 5. The minimum atomic E-state index is -4.64. The number of benzene rings is 1. The second kappa shape index (κ2) is 8.29. The molecule has 2 aromatic rings. The van der Waals surface area contributed by atoms with Crippen LogP contribution in [0, 0.1) is 0 Å². The Morgan fingerprint density at radius 2 is 2.07 bits per heavy atom. The monoisotopic (exact) mass is 513 g/mol. The van der Waals surface area contributed by atoms with Gasteiger partial charge in [-0.3, -0.25) is 4.72 Å². The zero-order chi connectivity index (χ0) is 21.4. The van der Waals surface area contributed by atoms with Crippen LogP contribution in [0.15, 0.2) is 39.8 Å². The molecule has 1 aliphatic heterocycles. The molecule has 2 heterocycles. The Morgan fingerprint density at radius 1 is 1.34 bits per heavy atom. The van der Waals surface area contributed by atoms with Crippen LogP contribution >= 0.6 is 27.5 Å². The molecule has 1 saturated heterocycles. The molecule has 158 valence electrons. The average molecular weight is 515 g/mol. The van der Waals surface area contributed by atoms with Crippen molar-refractivity contribution in [1.82, 2.24) is 9.88 Å². The van der Waals surface area contributed by atoms with E-state index in [-0.39, 0.29) is 20.2 Å². The van der Waals surface area contributed by atoms with Crippen LogP contribution in [-0.2, 0) is 16.2 Å². The van der Waals surface area contributed by atoms with Crippen molar-refractivity contribution in [2.75, 3.05) is 24.9 Å². The fraction of sp³-hybridized carbons (Fsp3) is 0.353. The van der Waals surface area contributed by atoms with E-state index in [2.05, 4.69) is 25.6 Å². The molecule has 0 aliphatic carbocycles. The van der Waals surface area contributed by atoms with Gasteiger partial charge in [0.05, 0.1) is 15.7 Å². The number of sulfonamides is 1. The Labute approximate surface area is 179 Å². The van der Waals surface area contributed by atoms with Gasteiger partial charge in [0.25, 0.3) is 10.0 Å². The predicted octanol–water partition coefficient (Wildman–Crippen LogP) is 4.40. The van der Waals surface area contributed by atoms with Crippen molar-refractivity contribution >= 4 is 43.2 Å². The van der Waals surface area contributed by atoms with Crippen LogP contribution in [0.5, 0.6) is 5.75 Å². The number of likely N-dealkylation sites (N-methyl/N-ethyl adjacent to an activating group) is 1. The molecular formula is C17H16BrClF3N3O3S. The molecule has 1 N–H and O–H groups in total.